The highest BCUT2D eigenvalue weighted by molar-refractivity contribution is 7.56. The SMILES string of the molecule is NC(Cc1ccccc1CP(=O)(O)Cc1ccccc1CC(N)C(=O)O)C(=O)O.O. The number of carbonyl (C=O) groups is 2. The maximum absolute atomic E-state index is 13.0. The van der Waals surface area contributed by atoms with Crippen molar-refractivity contribution in [1.82, 2.24) is 0 Å². The minimum atomic E-state index is -3.70. The predicted octanol–water partition coefficient (Wildman–Crippen LogP) is 0.741. The second-order valence-electron chi connectivity index (χ2n) is 7.00. The minimum absolute atomic E-state index is 0. The van der Waals surface area contributed by atoms with E-state index in [0.29, 0.717) is 22.3 Å². The number of aliphatic carboxylic acids is 2. The second-order valence-corrected chi connectivity index (χ2v) is 9.32. The zero-order valence-corrected chi connectivity index (χ0v) is 17.2. The average Bonchev–Trinajstić information content (AvgIpc) is 2.64. The molecule has 0 fully saturated rings. The third-order valence-electron chi connectivity index (χ3n) is 4.59. The lowest BCUT2D eigenvalue weighted by Crippen LogP contribution is -2.32. The average molecular weight is 438 g/mol. The normalized spacial score (nSPS) is 14.8. The van der Waals surface area contributed by atoms with Crippen LogP contribution >= 0.6 is 7.37 Å². The highest BCUT2D eigenvalue weighted by Gasteiger charge is 2.24. The largest absolute Gasteiger partial charge is 0.480 e. The molecule has 164 valence electrons. The van der Waals surface area contributed by atoms with Gasteiger partial charge in [-0.1, -0.05) is 48.5 Å². The van der Waals surface area contributed by atoms with E-state index in [-0.39, 0.29) is 30.6 Å². The van der Waals surface area contributed by atoms with Gasteiger partial charge in [-0.05, 0) is 35.1 Å². The van der Waals surface area contributed by atoms with Gasteiger partial charge in [-0.15, -0.1) is 0 Å². The lowest BCUT2D eigenvalue weighted by Gasteiger charge is -2.18. The Kier molecular flexibility index (Phi) is 9.35. The van der Waals surface area contributed by atoms with Crippen LogP contribution in [0.4, 0.5) is 0 Å². The molecule has 9 N–H and O–H groups in total. The third-order valence-corrected chi connectivity index (χ3v) is 6.26. The molecule has 0 aliphatic rings. The van der Waals surface area contributed by atoms with Crippen LogP contribution in [-0.4, -0.2) is 44.6 Å². The molecule has 2 rings (SSSR count). The molecular weight excluding hydrogens is 411 g/mol. The molecule has 0 radical (unpaired) electrons. The summed E-state index contributed by atoms with van der Waals surface area (Å²) in [6, 6.07) is 11.4. The first-order chi connectivity index (χ1) is 13.6. The van der Waals surface area contributed by atoms with Crippen LogP contribution < -0.4 is 11.5 Å². The number of nitrogens with two attached hydrogens (primary N) is 2. The number of hydrogen-bond donors (Lipinski definition) is 5. The molecule has 0 saturated heterocycles. The molecule has 0 aliphatic heterocycles. The molecule has 0 saturated carbocycles. The van der Waals surface area contributed by atoms with E-state index >= 15 is 0 Å². The van der Waals surface area contributed by atoms with Crippen molar-refractivity contribution in [3.05, 3.63) is 70.8 Å². The van der Waals surface area contributed by atoms with E-state index in [1.54, 1.807) is 48.5 Å². The van der Waals surface area contributed by atoms with Gasteiger partial charge in [0.05, 0.1) is 12.3 Å². The Morgan fingerprint density at radius 2 is 1.07 bits per heavy atom. The van der Waals surface area contributed by atoms with Gasteiger partial charge in [0.1, 0.15) is 12.1 Å². The molecule has 0 bridgehead atoms. The van der Waals surface area contributed by atoms with Crippen LogP contribution in [0.25, 0.3) is 0 Å². The standard InChI is InChI=1S/C20H25N2O6P.H2O/c21-17(19(23)24)9-13-5-1-3-7-15(13)11-29(27,28)12-16-8-4-2-6-14(16)10-18(22)20(25)26;/h1-8,17-18H,9-12,21-22H2,(H,23,24)(H,25,26)(H,27,28);1H2. The van der Waals surface area contributed by atoms with Gasteiger partial charge >= 0.3 is 11.9 Å². The number of carboxylic acids is 2. The lowest BCUT2D eigenvalue weighted by molar-refractivity contribution is -0.139. The van der Waals surface area contributed by atoms with Gasteiger partial charge in [-0.25, -0.2) is 0 Å². The highest BCUT2D eigenvalue weighted by atomic mass is 31.2. The Labute approximate surface area is 174 Å². The van der Waals surface area contributed by atoms with Crippen molar-refractivity contribution in [1.29, 1.82) is 0 Å². The first-order valence-electron chi connectivity index (χ1n) is 9.00. The van der Waals surface area contributed by atoms with Gasteiger partial charge in [0, 0.05) is 0 Å². The summed E-state index contributed by atoms with van der Waals surface area (Å²) >= 11 is 0. The summed E-state index contributed by atoms with van der Waals surface area (Å²) < 4.78 is 13.0. The lowest BCUT2D eigenvalue weighted by atomic mass is 10.0. The summed E-state index contributed by atoms with van der Waals surface area (Å²) in [4.78, 5) is 32.7. The third kappa shape index (κ3) is 7.37. The Balaban J connectivity index is 0.00000450. The van der Waals surface area contributed by atoms with E-state index in [1.165, 1.54) is 0 Å². The number of rotatable bonds is 10. The summed E-state index contributed by atoms with van der Waals surface area (Å²) in [6.07, 6.45) is -0.186. The van der Waals surface area contributed by atoms with Crippen molar-refractivity contribution in [3.8, 4) is 0 Å². The fourth-order valence-electron chi connectivity index (χ4n) is 3.06. The number of hydrogen-bond acceptors (Lipinski definition) is 5. The quantitative estimate of drug-likeness (QED) is 0.335. The molecule has 2 aromatic rings. The molecule has 2 aromatic carbocycles. The first kappa shape index (κ1) is 25.5. The van der Waals surface area contributed by atoms with E-state index in [4.69, 9.17) is 21.7 Å². The Morgan fingerprint density at radius 1 is 0.767 bits per heavy atom. The van der Waals surface area contributed by atoms with Crippen molar-refractivity contribution in [2.75, 3.05) is 0 Å². The summed E-state index contributed by atoms with van der Waals surface area (Å²) in [5, 5.41) is 18.0. The molecule has 10 heteroatoms. The van der Waals surface area contributed by atoms with Gasteiger partial charge in [0.25, 0.3) is 0 Å². The van der Waals surface area contributed by atoms with Crippen molar-refractivity contribution >= 4 is 19.3 Å². The molecule has 0 amide bonds. The monoisotopic (exact) mass is 438 g/mol. The molecule has 2 unspecified atom stereocenters. The molecule has 9 nitrogen and oxygen atoms in total. The Bertz CT molecular complexity index is 863. The molecule has 2 atom stereocenters. The Morgan fingerprint density at radius 3 is 1.37 bits per heavy atom. The Hall–Kier alpha value is -2.55. The summed E-state index contributed by atoms with van der Waals surface area (Å²) in [5.41, 5.74) is 13.6. The zero-order valence-electron chi connectivity index (χ0n) is 16.3. The highest BCUT2D eigenvalue weighted by Crippen LogP contribution is 2.49. The fourth-order valence-corrected chi connectivity index (χ4v) is 4.85. The van der Waals surface area contributed by atoms with Crippen molar-refractivity contribution in [2.24, 2.45) is 11.5 Å². The van der Waals surface area contributed by atoms with Crippen LogP contribution in [0.2, 0.25) is 0 Å². The van der Waals surface area contributed by atoms with Crippen LogP contribution in [-0.2, 0) is 39.3 Å². The smallest absolute Gasteiger partial charge is 0.320 e. The van der Waals surface area contributed by atoms with E-state index < -0.39 is 31.4 Å². The first-order valence-corrected chi connectivity index (χ1v) is 11.0. The van der Waals surface area contributed by atoms with E-state index in [2.05, 4.69) is 0 Å². The summed E-state index contributed by atoms with van der Waals surface area (Å²) in [7, 11) is -3.70. The topological polar surface area (TPSA) is 195 Å². The molecular formula is C20H27N2O7P. The molecule has 0 aromatic heterocycles. The molecule has 30 heavy (non-hydrogen) atoms. The van der Waals surface area contributed by atoms with Crippen LogP contribution in [0.3, 0.4) is 0 Å². The minimum Gasteiger partial charge on any atom is -0.480 e. The van der Waals surface area contributed by atoms with Gasteiger partial charge in [0.15, 0.2) is 0 Å². The van der Waals surface area contributed by atoms with E-state index in [0.717, 1.165) is 0 Å². The maximum atomic E-state index is 13.0. The molecule has 0 heterocycles. The van der Waals surface area contributed by atoms with Gasteiger partial charge in [-0.3, -0.25) is 14.2 Å². The van der Waals surface area contributed by atoms with Crippen molar-refractivity contribution in [2.45, 2.75) is 37.2 Å². The predicted molar refractivity (Wildman–Crippen MR) is 112 cm³/mol. The van der Waals surface area contributed by atoms with Gasteiger partial charge < -0.3 is 32.0 Å². The van der Waals surface area contributed by atoms with Crippen molar-refractivity contribution in [3.63, 3.8) is 0 Å². The van der Waals surface area contributed by atoms with Gasteiger partial charge in [-0.2, -0.15) is 0 Å². The second kappa shape index (κ2) is 11.0. The van der Waals surface area contributed by atoms with Crippen LogP contribution in [0.15, 0.2) is 48.5 Å². The summed E-state index contributed by atoms with van der Waals surface area (Å²) in [5.74, 6) is -2.29. The molecule has 0 spiro atoms. The number of benzene rings is 2. The van der Waals surface area contributed by atoms with Gasteiger partial charge in [0.2, 0.25) is 7.37 Å². The summed E-state index contributed by atoms with van der Waals surface area (Å²) in [6.45, 7) is 0. The molecule has 0 aliphatic carbocycles. The van der Waals surface area contributed by atoms with Crippen LogP contribution in [0, 0.1) is 0 Å². The van der Waals surface area contributed by atoms with E-state index in [9.17, 15) is 19.0 Å². The van der Waals surface area contributed by atoms with Crippen LogP contribution in [0.5, 0.6) is 0 Å². The maximum Gasteiger partial charge on any atom is 0.320 e. The fraction of sp³-hybridized carbons (Fsp3) is 0.300. The van der Waals surface area contributed by atoms with Crippen molar-refractivity contribution < 1.29 is 34.7 Å². The number of carboxylic acid groups (broad SMARTS) is 2. The van der Waals surface area contributed by atoms with E-state index in [1.807, 2.05) is 0 Å². The van der Waals surface area contributed by atoms with Crippen LogP contribution in [0.1, 0.15) is 22.3 Å². The zero-order chi connectivity index (χ0) is 21.6.